The van der Waals surface area contributed by atoms with Gasteiger partial charge in [-0.3, -0.25) is 5.10 Å². The van der Waals surface area contributed by atoms with Gasteiger partial charge >= 0.3 is 0 Å². The van der Waals surface area contributed by atoms with Crippen LogP contribution in [0.3, 0.4) is 0 Å². The summed E-state index contributed by atoms with van der Waals surface area (Å²) in [7, 11) is 0. The number of hydrogen-bond acceptors (Lipinski definition) is 4. The first-order chi connectivity index (χ1) is 6.86. The Kier molecular flexibility index (Phi) is 2.40. The second kappa shape index (κ2) is 3.87. The minimum atomic E-state index is 0.115. The molecular weight excluding hydrogens is 178 g/mol. The van der Waals surface area contributed by atoms with Gasteiger partial charge in [0.25, 0.3) is 0 Å². The molecule has 2 aromatic rings. The molecule has 0 aliphatic carbocycles. The van der Waals surface area contributed by atoms with Crippen LogP contribution in [-0.2, 0) is 0 Å². The van der Waals surface area contributed by atoms with Crippen LogP contribution in [0.15, 0.2) is 24.5 Å². The van der Waals surface area contributed by atoms with E-state index in [2.05, 4.69) is 31.8 Å². The van der Waals surface area contributed by atoms with Gasteiger partial charge in [0.2, 0.25) is 0 Å². The minimum Gasteiger partial charge on any atom is -0.362 e. The van der Waals surface area contributed by atoms with Crippen LogP contribution in [-0.4, -0.2) is 20.2 Å². The highest BCUT2D eigenvalue weighted by atomic mass is 15.1. The number of anilines is 1. The van der Waals surface area contributed by atoms with Crippen molar-refractivity contribution in [3.63, 3.8) is 0 Å². The summed E-state index contributed by atoms with van der Waals surface area (Å²) in [6.07, 6.45) is 5.96. The van der Waals surface area contributed by atoms with E-state index in [4.69, 9.17) is 0 Å². The molecule has 0 amide bonds. The highest BCUT2D eigenvalue weighted by Crippen LogP contribution is 2.13. The van der Waals surface area contributed by atoms with Crippen LogP contribution in [0.2, 0.25) is 0 Å². The molecule has 14 heavy (non-hydrogen) atoms. The number of nitrogens with one attached hydrogen (secondary N) is 2. The summed E-state index contributed by atoms with van der Waals surface area (Å²) in [6, 6.07) is 3.83. The molecule has 0 bridgehead atoms. The fraction of sp³-hybridized carbons (Fsp3) is 0.222. The van der Waals surface area contributed by atoms with E-state index in [1.165, 1.54) is 0 Å². The molecule has 2 rings (SSSR count). The topological polar surface area (TPSA) is 66.5 Å². The van der Waals surface area contributed by atoms with Crippen LogP contribution < -0.4 is 5.32 Å². The van der Waals surface area contributed by atoms with Crippen molar-refractivity contribution in [1.29, 1.82) is 0 Å². The molecule has 71 valence electrons. The lowest BCUT2D eigenvalue weighted by atomic mass is 10.2. The van der Waals surface area contributed by atoms with Gasteiger partial charge in [-0.2, -0.15) is 5.10 Å². The normalized spacial score (nSPS) is 12.4. The number of hydrogen-bond donors (Lipinski definition) is 2. The molecular formula is C9H10N5. The third-order valence-electron chi connectivity index (χ3n) is 1.87. The Morgan fingerprint density at radius 2 is 2.43 bits per heavy atom. The lowest BCUT2D eigenvalue weighted by Crippen LogP contribution is -2.08. The number of rotatable bonds is 3. The van der Waals surface area contributed by atoms with Gasteiger partial charge in [0.15, 0.2) is 6.33 Å². The fourth-order valence-electron chi connectivity index (χ4n) is 1.15. The summed E-state index contributed by atoms with van der Waals surface area (Å²) >= 11 is 0. The molecule has 1 atom stereocenters. The van der Waals surface area contributed by atoms with Crippen LogP contribution in [0.1, 0.15) is 18.7 Å². The van der Waals surface area contributed by atoms with Crippen LogP contribution >= 0.6 is 0 Å². The Morgan fingerprint density at radius 3 is 3.07 bits per heavy atom. The molecule has 0 aromatic carbocycles. The molecule has 2 aromatic heterocycles. The SMILES string of the molecule is CC(Nc1ccn[c]n1)c1cc[nH]n1. The van der Waals surface area contributed by atoms with E-state index in [0.29, 0.717) is 0 Å². The van der Waals surface area contributed by atoms with Crippen LogP contribution in [0.4, 0.5) is 5.82 Å². The van der Waals surface area contributed by atoms with Crippen molar-refractivity contribution in [2.45, 2.75) is 13.0 Å². The molecule has 2 N–H and O–H groups in total. The Balaban J connectivity index is 2.06. The number of nitrogens with zero attached hydrogens (tertiary/aromatic N) is 3. The van der Waals surface area contributed by atoms with E-state index in [0.717, 1.165) is 11.5 Å². The first-order valence-corrected chi connectivity index (χ1v) is 4.31. The highest BCUT2D eigenvalue weighted by Gasteiger charge is 2.06. The highest BCUT2D eigenvalue weighted by molar-refractivity contribution is 5.34. The summed E-state index contributed by atoms with van der Waals surface area (Å²) in [5.74, 6) is 0.746. The van der Waals surface area contributed by atoms with E-state index < -0.39 is 0 Å². The zero-order valence-corrected chi connectivity index (χ0v) is 7.73. The van der Waals surface area contributed by atoms with Crippen molar-refractivity contribution in [2.24, 2.45) is 0 Å². The van der Waals surface area contributed by atoms with Crippen LogP contribution in [0.5, 0.6) is 0 Å². The average Bonchev–Trinajstić information content (AvgIpc) is 2.72. The van der Waals surface area contributed by atoms with Crippen molar-refractivity contribution in [3.8, 4) is 0 Å². The summed E-state index contributed by atoms with van der Waals surface area (Å²) in [6.45, 7) is 2.01. The second-order valence-electron chi connectivity index (χ2n) is 2.91. The van der Waals surface area contributed by atoms with E-state index in [9.17, 15) is 0 Å². The molecule has 0 fully saturated rings. The minimum absolute atomic E-state index is 0.115. The summed E-state index contributed by atoms with van der Waals surface area (Å²) < 4.78 is 0. The first-order valence-electron chi connectivity index (χ1n) is 4.31. The Morgan fingerprint density at radius 1 is 1.50 bits per heavy atom. The third kappa shape index (κ3) is 1.87. The van der Waals surface area contributed by atoms with Gasteiger partial charge in [0.1, 0.15) is 5.82 Å². The molecule has 0 aliphatic rings. The maximum absolute atomic E-state index is 4.07. The zero-order valence-electron chi connectivity index (χ0n) is 7.73. The van der Waals surface area contributed by atoms with Crippen LogP contribution in [0.25, 0.3) is 0 Å². The Hall–Kier alpha value is -1.91. The monoisotopic (exact) mass is 188 g/mol. The smallest absolute Gasteiger partial charge is 0.199 e. The van der Waals surface area contributed by atoms with Crippen molar-refractivity contribution in [2.75, 3.05) is 5.32 Å². The average molecular weight is 188 g/mol. The predicted octanol–water partition coefficient (Wildman–Crippen LogP) is 1.17. The lowest BCUT2D eigenvalue weighted by Gasteiger charge is -2.10. The summed E-state index contributed by atoms with van der Waals surface area (Å²) in [4.78, 5) is 7.66. The van der Waals surface area contributed by atoms with E-state index >= 15 is 0 Å². The van der Waals surface area contributed by atoms with Gasteiger partial charge < -0.3 is 5.32 Å². The predicted molar refractivity (Wildman–Crippen MR) is 51.5 cm³/mol. The number of aromatic amines is 1. The number of H-pyrrole nitrogens is 1. The maximum atomic E-state index is 4.07. The Bertz CT molecular complexity index is 369. The quantitative estimate of drug-likeness (QED) is 0.758. The molecule has 0 saturated heterocycles. The largest absolute Gasteiger partial charge is 0.362 e. The lowest BCUT2D eigenvalue weighted by molar-refractivity contribution is 0.817. The molecule has 2 heterocycles. The molecule has 0 saturated carbocycles. The fourth-order valence-corrected chi connectivity index (χ4v) is 1.15. The maximum Gasteiger partial charge on any atom is 0.199 e. The van der Waals surface area contributed by atoms with Crippen molar-refractivity contribution in [1.82, 2.24) is 20.2 Å². The van der Waals surface area contributed by atoms with Crippen molar-refractivity contribution < 1.29 is 0 Å². The van der Waals surface area contributed by atoms with Gasteiger partial charge in [0.05, 0.1) is 11.7 Å². The molecule has 5 heteroatoms. The molecule has 0 spiro atoms. The Labute approximate surface area is 81.6 Å². The molecule has 1 unspecified atom stereocenters. The molecule has 5 nitrogen and oxygen atoms in total. The van der Waals surface area contributed by atoms with Gasteiger partial charge in [-0.15, -0.1) is 0 Å². The molecule has 0 aliphatic heterocycles. The van der Waals surface area contributed by atoms with Gasteiger partial charge in [-0.25, -0.2) is 9.97 Å². The van der Waals surface area contributed by atoms with Crippen molar-refractivity contribution in [3.05, 3.63) is 36.5 Å². The first kappa shape index (κ1) is 8.68. The van der Waals surface area contributed by atoms with E-state index in [1.807, 2.05) is 13.0 Å². The van der Waals surface area contributed by atoms with E-state index in [1.54, 1.807) is 18.5 Å². The third-order valence-corrected chi connectivity index (χ3v) is 1.87. The number of aromatic nitrogens is 4. The van der Waals surface area contributed by atoms with Gasteiger partial charge in [-0.05, 0) is 19.1 Å². The van der Waals surface area contributed by atoms with Crippen molar-refractivity contribution >= 4 is 5.82 Å². The van der Waals surface area contributed by atoms with Gasteiger partial charge in [0, 0.05) is 12.4 Å². The van der Waals surface area contributed by atoms with Crippen LogP contribution in [0, 0.1) is 6.33 Å². The van der Waals surface area contributed by atoms with E-state index in [-0.39, 0.29) is 6.04 Å². The molecule has 1 radical (unpaired) electrons. The summed E-state index contributed by atoms with van der Waals surface area (Å²) in [5, 5.41) is 10.0. The summed E-state index contributed by atoms with van der Waals surface area (Å²) in [5.41, 5.74) is 0.948. The standard InChI is InChI=1S/C9H10N5/c1-7(8-2-5-12-14-8)13-9-3-4-10-6-11-9/h2-5,7H,1H3,(H,12,14)(H,10,11,13). The second-order valence-corrected chi connectivity index (χ2v) is 2.91. The zero-order chi connectivity index (χ0) is 9.80. The van der Waals surface area contributed by atoms with Gasteiger partial charge in [-0.1, -0.05) is 0 Å².